The third kappa shape index (κ3) is 4.87. The average molecular weight is 372 g/mol. The normalized spacial score (nSPS) is 12.4. The summed E-state index contributed by atoms with van der Waals surface area (Å²) in [6, 6.07) is 6.50. The number of aromatic nitrogens is 2. The van der Waals surface area contributed by atoms with Crippen molar-refractivity contribution in [2.75, 3.05) is 13.1 Å². The van der Waals surface area contributed by atoms with E-state index in [1.165, 1.54) is 29.2 Å². The van der Waals surface area contributed by atoms with E-state index in [0.717, 1.165) is 5.56 Å². The Morgan fingerprint density at radius 1 is 0.958 bits per heavy atom. The number of nitrogens with zero attached hydrogens (tertiary/aromatic N) is 2. The Hall–Kier alpha value is -1.75. The minimum absolute atomic E-state index is 0.0743. The van der Waals surface area contributed by atoms with E-state index >= 15 is 0 Å². The van der Waals surface area contributed by atoms with Crippen LogP contribution < -0.4 is 9.44 Å². The number of aryl methyl sites for hydroxylation is 2. The summed E-state index contributed by atoms with van der Waals surface area (Å²) in [4.78, 5) is 0.259. The predicted molar refractivity (Wildman–Crippen MR) is 89.4 cm³/mol. The summed E-state index contributed by atoms with van der Waals surface area (Å²) in [5.41, 5.74) is 0.971. The Balaban J connectivity index is 1.81. The molecule has 0 aliphatic heterocycles. The highest BCUT2D eigenvalue weighted by atomic mass is 32.2. The van der Waals surface area contributed by atoms with Crippen molar-refractivity contribution in [1.29, 1.82) is 0 Å². The van der Waals surface area contributed by atoms with Crippen molar-refractivity contribution in [1.82, 2.24) is 19.2 Å². The van der Waals surface area contributed by atoms with Gasteiger partial charge < -0.3 is 0 Å². The van der Waals surface area contributed by atoms with Crippen LogP contribution in [-0.2, 0) is 27.1 Å². The molecule has 1 aromatic heterocycles. The fraction of sp³-hybridized carbons (Fsp3) is 0.357. The number of benzene rings is 1. The lowest BCUT2D eigenvalue weighted by Gasteiger charge is -2.08. The molecule has 1 heterocycles. The molecule has 0 radical (unpaired) electrons. The van der Waals surface area contributed by atoms with Gasteiger partial charge in [-0.1, -0.05) is 17.7 Å². The lowest BCUT2D eigenvalue weighted by atomic mass is 10.2. The second-order valence-corrected chi connectivity index (χ2v) is 8.85. The quantitative estimate of drug-likeness (QED) is 0.651. The van der Waals surface area contributed by atoms with Crippen molar-refractivity contribution >= 4 is 20.0 Å². The molecule has 2 N–H and O–H groups in total. The second-order valence-electron chi connectivity index (χ2n) is 5.31. The van der Waals surface area contributed by atoms with Crippen molar-refractivity contribution in [3.05, 3.63) is 42.2 Å². The third-order valence-corrected chi connectivity index (χ3v) is 6.15. The molecule has 10 heteroatoms. The molecule has 8 nitrogen and oxygen atoms in total. The largest absolute Gasteiger partial charge is 0.274 e. The first-order valence-electron chi connectivity index (χ1n) is 7.25. The Kier molecular flexibility index (Phi) is 5.75. The Morgan fingerprint density at radius 2 is 1.50 bits per heavy atom. The minimum atomic E-state index is -3.62. The lowest BCUT2D eigenvalue weighted by Crippen LogP contribution is -2.30. The van der Waals surface area contributed by atoms with Gasteiger partial charge in [0.2, 0.25) is 20.0 Å². The third-order valence-electron chi connectivity index (χ3n) is 3.26. The highest BCUT2D eigenvalue weighted by molar-refractivity contribution is 7.89. The summed E-state index contributed by atoms with van der Waals surface area (Å²) < 4.78 is 54.3. The van der Waals surface area contributed by atoms with Gasteiger partial charge in [-0.2, -0.15) is 5.10 Å². The molecule has 0 amide bonds. The number of hydrogen-bond acceptors (Lipinski definition) is 5. The smallest absolute Gasteiger partial charge is 0.243 e. The van der Waals surface area contributed by atoms with Gasteiger partial charge in [-0.25, -0.2) is 26.3 Å². The molecular formula is C14H20N4O4S2. The topological polar surface area (TPSA) is 110 Å². The van der Waals surface area contributed by atoms with Crippen molar-refractivity contribution in [2.45, 2.75) is 23.1 Å². The van der Waals surface area contributed by atoms with E-state index in [0.29, 0.717) is 6.42 Å². The predicted octanol–water partition coefficient (Wildman–Crippen LogP) is 0.375. The van der Waals surface area contributed by atoms with Crippen molar-refractivity contribution < 1.29 is 16.8 Å². The van der Waals surface area contributed by atoms with Gasteiger partial charge in [0.05, 0.1) is 11.1 Å². The fourth-order valence-corrected chi connectivity index (χ4v) is 4.05. The minimum Gasteiger partial charge on any atom is -0.274 e. The van der Waals surface area contributed by atoms with Crippen LogP contribution in [0.3, 0.4) is 0 Å². The monoisotopic (exact) mass is 372 g/mol. The van der Waals surface area contributed by atoms with Gasteiger partial charge in [0.25, 0.3) is 0 Å². The molecule has 0 atom stereocenters. The van der Waals surface area contributed by atoms with Crippen LogP contribution in [0.15, 0.2) is 46.5 Å². The number of rotatable bonds is 8. The Labute approximate surface area is 142 Å². The van der Waals surface area contributed by atoms with Crippen LogP contribution in [-0.4, -0.2) is 39.7 Å². The van der Waals surface area contributed by atoms with Crippen LogP contribution in [0.25, 0.3) is 0 Å². The van der Waals surface area contributed by atoms with Crippen molar-refractivity contribution in [3.8, 4) is 0 Å². The van der Waals surface area contributed by atoms with Crippen LogP contribution in [0.2, 0.25) is 0 Å². The van der Waals surface area contributed by atoms with E-state index in [1.54, 1.807) is 19.2 Å². The highest BCUT2D eigenvalue weighted by Gasteiger charge is 2.16. The van der Waals surface area contributed by atoms with E-state index in [2.05, 4.69) is 14.5 Å². The fourth-order valence-electron chi connectivity index (χ4n) is 1.92. The first-order chi connectivity index (χ1) is 11.2. The molecule has 0 saturated heterocycles. The zero-order valence-electron chi connectivity index (χ0n) is 13.4. The van der Waals surface area contributed by atoms with Gasteiger partial charge in [-0.3, -0.25) is 4.68 Å². The molecule has 2 rings (SSSR count). The van der Waals surface area contributed by atoms with Crippen LogP contribution >= 0.6 is 0 Å². The van der Waals surface area contributed by atoms with Gasteiger partial charge in [0.1, 0.15) is 4.90 Å². The van der Waals surface area contributed by atoms with Gasteiger partial charge in [-0.15, -0.1) is 0 Å². The zero-order chi connectivity index (χ0) is 17.8. The number of sulfonamides is 2. The van der Waals surface area contributed by atoms with Crippen LogP contribution in [0.1, 0.15) is 12.0 Å². The summed E-state index contributed by atoms with van der Waals surface area (Å²) in [6.45, 7) is 2.12. The lowest BCUT2D eigenvalue weighted by molar-refractivity contribution is 0.572. The van der Waals surface area contributed by atoms with Crippen LogP contribution in [0.4, 0.5) is 0 Å². The second kappa shape index (κ2) is 7.43. The molecule has 132 valence electrons. The van der Waals surface area contributed by atoms with Crippen molar-refractivity contribution in [2.24, 2.45) is 7.05 Å². The van der Waals surface area contributed by atoms with E-state index in [-0.39, 0.29) is 22.9 Å². The van der Waals surface area contributed by atoms with Crippen molar-refractivity contribution in [3.63, 3.8) is 0 Å². The molecule has 24 heavy (non-hydrogen) atoms. The molecule has 0 fully saturated rings. The molecule has 0 saturated carbocycles. The summed E-state index contributed by atoms with van der Waals surface area (Å²) >= 11 is 0. The van der Waals surface area contributed by atoms with E-state index in [4.69, 9.17) is 0 Å². The molecule has 1 aromatic carbocycles. The first kappa shape index (κ1) is 18.6. The van der Waals surface area contributed by atoms with Crippen LogP contribution in [0, 0.1) is 6.92 Å². The number of hydrogen-bond donors (Lipinski definition) is 2. The van der Waals surface area contributed by atoms with Gasteiger partial charge in [0, 0.05) is 26.3 Å². The molecule has 0 aliphatic rings. The Morgan fingerprint density at radius 3 is 2.00 bits per heavy atom. The zero-order valence-corrected chi connectivity index (χ0v) is 15.1. The van der Waals surface area contributed by atoms with Crippen LogP contribution in [0.5, 0.6) is 0 Å². The molecular weight excluding hydrogens is 352 g/mol. The molecule has 0 bridgehead atoms. The molecule has 0 unspecified atom stereocenters. The van der Waals surface area contributed by atoms with Gasteiger partial charge in [0.15, 0.2) is 0 Å². The standard InChI is InChI=1S/C14H20N4O4S2/c1-12-4-6-13(7-5-12)23(19,20)16-8-3-9-17-24(21,22)14-10-15-18(2)11-14/h4-7,10-11,16-17H,3,8-9H2,1-2H3. The highest BCUT2D eigenvalue weighted by Crippen LogP contribution is 2.09. The maximum atomic E-state index is 12.1. The Bertz CT molecular complexity index is 887. The van der Waals surface area contributed by atoms with Gasteiger partial charge >= 0.3 is 0 Å². The first-order valence-corrected chi connectivity index (χ1v) is 10.2. The van der Waals surface area contributed by atoms with Gasteiger partial charge in [-0.05, 0) is 25.5 Å². The number of nitrogens with one attached hydrogen (secondary N) is 2. The summed E-state index contributed by atoms with van der Waals surface area (Å²) in [6.07, 6.45) is 2.97. The summed E-state index contributed by atoms with van der Waals surface area (Å²) in [7, 11) is -5.58. The van der Waals surface area contributed by atoms with E-state index in [9.17, 15) is 16.8 Å². The molecule has 0 aliphatic carbocycles. The molecule has 2 aromatic rings. The maximum absolute atomic E-state index is 12.1. The average Bonchev–Trinajstić information content (AvgIpc) is 2.94. The van der Waals surface area contributed by atoms with E-state index < -0.39 is 20.0 Å². The summed E-state index contributed by atoms with van der Waals surface area (Å²) in [5.74, 6) is 0. The summed E-state index contributed by atoms with van der Waals surface area (Å²) in [5, 5.41) is 3.81. The maximum Gasteiger partial charge on any atom is 0.243 e. The molecule has 0 spiro atoms. The van der Waals surface area contributed by atoms with E-state index in [1.807, 2.05) is 6.92 Å². The SMILES string of the molecule is Cc1ccc(S(=O)(=O)NCCCNS(=O)(=O)c2cnn(C)c2)cc1.